The smallest absolute Gasteiger partial charge is 0.230 e. The van der Waals surface area contributed by atoms with E-state index in [9.17, 15) is 8.42 Å². The number of nitrogens with zero attached hydrogens (tertiary/aromatic N) is 1. The Hall–Kier alpha value is -0.910. The molecule has 16 heavy (non-hydrogen) atoms. The number of sulfonamides is 1. The maximum absolute atomic E-state index is 12.0. The zero-order valence-corrected chi connectivity index (χ0v) is 9.83. The van der Waals surface area contributed by atoms with Gasteiger partial charge in [0.25, 0.3) is 10.0 Å². The van der Waals surface area contributed by atoms with Crippen molar-refractivity contribution in [3.05, 3.63) is 36.8 Å². The predicted molar refractivity (Wildman–Crippen MR) is 62.0 cm³/mol. The lowest BCUT2D eigenvalue weighted by Gasteiger charge is -2.16. The summed E-state index contributed by atoms with van der Waals surface area (Å²) in [4.78, 5) is 2.85. The molecule has 1 fully saturated rings. The molecule has 1 radical (unpaired) electrons. The Morgan fingerprint density at radius 1 is 1.25 bits per heavy atom. The van der Waals surface area contributed by atoms with Gasteiger partial charge in [-0.15, -0.1) is 4.83 Å². The largest absolute Gasteiger partial charge is 0.253 e. The molecule has 0 aliphatic carbocycles. The molecule has 0 bridgehead atoms. The molecule has 0 unspecified atom stereocenters. The molecule has 0 amide bonds. The third-order valence-corrected chi connectivity index (χ3v) is 3.94. The molecule has 1 aliphatic heterocycles. The first-order valence-electron chi connectivity index (χ1n) is 5.27. The van der Waals surface area contributed by atoms with Crippen molar-refractivity contribution in [3.63, 3.8) is 0 Å². The van der Waals surface area contributed by atoms with Crippen LogP contribution in [0.4, 0.5) is 0 Å². The fourth-order valence-electron chi connectivity index (χ4n) is 1.74. The minimum Gasteiger partial charge on any atom is -0.230 e. The van der Waals surface area contributed by atoms with Crippen molar-refractivity contribution in [2.75, 3.05) is 13.1 Å². The fraction of sp³-hybridized carbons (Fsp3) is 0.364. The molecule has 1 aromatic carbocycles. The van der Waals surface area contributed by atoms with Crippen LogP contribution in [-0.4, -0.2) is 26.5 Å². The lowest BCUT2D eigenvalue weighted by molar-refractivity contribution is 0.300. The molecule has 4 nitrogen and oxygen atoms in total. The van der Waals surface area contributed by atoms with Crippen LogP contribution < -0.4 is 4.83 Å². The summed E-state index contributed by atoms with van der Waals surface area (Å²) in [6.07, 6.45) is 2.08. The van der Waals surface area contributed by atoms with Gasteiger partial charge in [-0.2, -0.15) is 0 Å². The van der Waals surface area contributed by atoms with Gasteiger partial charge in [0.05, 0.1) is 4.90 Å². The summed E-state index contributed by atoms with van der Waals surface area (Å²) in [6.45, 7) is 5.28. The van der Waals surface area contributed by atoms with E-state index in [2.05, 4.69) is 11.8 Å². The van der Waals surface area contributed by atoms with Gasteiger partial charge in [-0.05, 0) is 37.5 Å². The summed E-state index contributed by atoms with van der Waals surface area (Å²) >= 11 is 0. The van der Waals surface area contributed by atoms with Crippen molar-refractivity contribution in [3.8, 4) is 0 Å². The molecule has 1 heterocycles. The van der Waals surface area contributed by atoms with Crippen LogP contribution in [0.1, 0.15) is 18.4 Å². The Morgan fingerprint density at radius 2 is 1.94 bits per heavy atom. The Labute approximate surface area is 96.3 Å². The fourth-order valence-corrected chi connectivity index (χ4v) is 2.94. The number of benzene rings is 1. The number of hydrogen-bond donors (Lipinski definition) is 1. The van der Waals surface area contributed by atoms with Crippen LogP contribution in [0.25, 0.3) is 0 Å². The standard InChI is InChI=1S/C11H15N2O2S/c1-10-5-4-6-11(9-10)16(14,15)12-13-7-2-3-8-13/h4-6,9,12H,1-3,7-8H2. The highest BCUT2D eigenvalue weighted by Gasteiger charge is 2.20. The van der Waals surface area contributed by atoms with Gasteiger partial charge in [0.1, 0.15) is 0 Å². The highest BCUT2D eigenvalue weighted by Crippen LogP contribution is 2.13. The van der Waals surface area contributed by atoms with E-state index < -0.39 is 10.0 Å². The highest BCUT2D eigenvalue weighted by atomic mass is 32.2. The Morgan fingerprint density at radius 3 is 2.56 bits per heavy atom. The number of hydrogen-bond acceptors (Lipinski definition) is 3. The molecule has 87 valence electrons. The molecule has 0 atom stereocenters. The van der Waals surface area contributed by atoms with E-state index in [1.54, 1.807) is 29.3 Å². The van der Waals surface area contributed by atoms with Crippen LogP contribution in [0.5, 0.6) is 0 Å². The zero-order valence-electron chi connectivity index (χ0n) is 9.02. The van der Waals surface area contributed by atoms with Gasteiger partial charge in [0, 0.05) is 13.1 Å². The molecular formula is C11H15N2O2S. The second-order valence-electron chi connectivity index (χ2n) is 3.94. The molecule has 1 aliphatic rings. The molecular weight excluding hydrogens is 224 g/mol. The summed E-state index contributed by atoms with van der Waals surface area (Å²) < 4.78 is 23.9. The van der Waals surface area contributed by atoms with Gasteiger partial charge in [0.2, 0.25) is 0 Å². The SMILES string of the molecule is [CH2]c1cccc(S(=O)(=O)NN2CCCC2)c1. The van der Waals surface area contributed by atoms with Crippen LogP contribution in [0.2, 0.25) is 0 Å². The van der Waals surface area contributed by atoms with Gasteiger partial charge in [-0.1, -0.05) is 12.1 Å². The van der Waals surface area contributed by atoms with E-state index >= 15 is 0 Å². The molecule has 1 aromatic rings. The van der Waals surface area contributed by atoms with Gasteiger partial charge in [-0.25, -0.2) is 13.4 Å². The lowest BCUT2D eigenvalue weighted by Crippen LogP contribution is -2.39. The Kier molecular flexibility index (Phi) is 3.28. The van der Waals surface area contributed by atoms with Gasteiger partial charge < -0.3 is 0 Å². The van der Waals surface area contributed by atoms with E-state index in [0.717, 1.165) is 25.9 Å². The molecule has 1 N–H and O–H groups in total. The highest BCUT2D eigenvalue weighted by molar-refractivity contribution is 7.89. The van der Waals surface area contributed by atoms with Crippen molar-refractivity contribution in [2.24, 2.45) is 0 Å². The topological polar surface area (TPSA) is 49.4 Å². The second-order valence-corrected chi connectivity index (χ2v) is 5.60. The van der Waals surface area contributed by atoms with E-state index in [-0.39, 0.29) is 4.90 Å². The van der Waals surface area contributed by atoms with Gasteiger partial charge in [0.15, 0.2) is 0 Å². The van der Waals surface area contributed by atoms with E-state index in [1.807, 2.05) is 0 Å². The summed E-state index contributed by atoms with van der Waals surface area (Å²) in [5.74, 6) is 0. The summed E-state index contributed by atoms with van der Waals surface area (Å²) in [7, 11) is -3.43. The third-order valence-electron chi connectivity index (χ3n) is 2.56. The van der Waals surface area contributed by atoms with Crippen LogP contribution in [-0.2, 0) is 10.0 Å². The van der Waals surface area contributed by atoms with Gasteiger partial charge >= 0.3 is 0 Å². The number of rotatable bonds is 3. The van der Waals surface area contributed by atoms with Crippen molar-refractivity contribution >= 4 is 10.0 Å². The number of nitrogens with one attached hydrogen (secondary N) is 1. The maximum atomic E-state index is 12.0. The minimum atomic E-state index is -3.43. The van der Waals surface area contributed by atoms with Gasteiger partial charge in [-0.3, -0.25) is 0 Å². The van der Waals surface area contributed by atoms with Crippen molar-refractivity contribution in [2.45, 2.75) is 17.7 Å². The molecule has 2 rings (SSSR count). The van der Waals surface area contributed by atoms with E-state index in [0.29, 0.717) is 5.56 Å². The van der Waals surface area contributed by atoms with Crippen LogP contribution in [0.15, 0.2) is 29.2 Å². The number of hydrazine groups is 1. The molecule has 0 spiro atoms. The van der Waals surface area contributed by atoms with E-state index in [4.69, 9.17) is 0 Å². The molecule has 1 saturated heterocycles. The zero-order chi connectivity index (χ0) is 11.6. The lowest BCUT2D eigenvalue weighted by atomic mass is 10.2. The van der Waals surface area contributed by atoms with Crippen molar-refractivity contribution in [1.29, 1.82) is 0 Å². The van der Waals surface area contributed by atoms with Crippen LogP contribution in [0, 0.1) is 6.92 Å². The summed E-state index contributed by atoms with van der Waals surface area (Å²) in [5.41, 5.74) is 0.698. The average molecular weight is 239 g/mol. The maximum Gasteiger partial charge on any atom is 0.253 e. The summed E-state index contributed by atoms with van der Waals surface area (Å²) in [5, 5.41) is 1.74. The molecule has 5 heteroatoms. The van der Waals surface area contributed by atoms with Crippen LogP contribution in [0.3, 0.4) is 0 Å². The average Bonchev–Trinajstić information content (AvgIpc) is 2.70. The predicted octanol–water partition coefficient (Wildman–Crippen LogP) is 1.16. The Bertz CT molecular complexity index is 465. The first-order chi connectivity index (χ1) is 7.58. The summed E-state index contributed by atoms with van der Waals surface area (Å²) in [6, 6.07) is 6.61. The molecule has 0 saturated carbocycles. The normalized spacial score (nSPS) is 17.8. The quantitative estimate of drug-likeness (QED) is 0.861. The van der Waals surface area contributed by atoms with Crippen molar-refractivity contribution in [1.82, 2.24) is 9.84 Å². The van der Waals surface area contributed by atoms with E-state index in [1.165, 1.54) is 0 Å². The molecule has 0 aromatic heterocycles. The van der Waals surface area contributed by atoms with Crippen LogP contribution >= 0.6 is 0 Å². The van der Waals surface area contributed by atoms with Crippen molar-refractivity contribution < 1.29 is 8.42 Å². The second kappa shape index (κ2) is 4.53. The first kappa shape index (κ1) is 11.6. The third kappa shape index (κ3) is 2.61. The minimum absolute atomic E-state index is 0.270. The first-order valence-corrected chi connectivity index (χ1v) is 6.76. The Balaban J connectivity index is 2.18. The monoisotopic (exact) mass is 239 g/mol.